The van der Waals surface area contributed by atoms with Gasteiger partial charge in [-0.05, 0) is 23.6 Å². The van der Waals surface area contributed by atoms with Crippen LogP contribution in [0.2, 0.25) is 0 Å². The van der Waals surface area contributed by atoms with Gasteiger partial charge in [-0.1, -0.05) is 26.0 Å². The third-order valence-electron chi connectivity index (χ3n) is 3.39. The molecule has 3 rings (SSSR count). The number of hydrogen-bond acceptors (Lipinski definition) is 6. The third kappa shape index (κ3) is 3.16. The molecule has 1 N–H and O–H groups in total. The van der Waals surface area contributed by atoms with Crippen LogP contribution in [0, 0.1) is 0 Å². The fourth-order valence-electron chi connectivity index (χ4n) is 2.15. The van der Waals surface area contributed by atoms with Gasteiger partial charge in [0.05, 0.1) is 18.4 Å². The van der Waals surface area contributed by atoms with Gasteiger partial charge >= 0.3 is 0 Å². The lowest BCUT2D eigenvalue weighted by Crippen LogP contribution is -2.13. The van der Waals surface area contributed by atoms with Crippen molar-refractivity contribution in [2.75, 3.05) is 12.4 Å². The van der Waals surface area contributed by atoms with Crippen molar-refractivity contribution in [3.8, 4) is 16.5 Å². The molecule has 3 aromatic rings. The van der Waals surface area contributed by atoms with Crippen LogP contribution in [0.25, 0.3) is 10.8 Å². The molecule has 24 heavy (non-hydrogen) atoms. The molecule has 0 aliphatic rings. The molecule has 0 fully saturated rings. The number of aromatic nitrogens is 2. The van der Waals surface area contributed by atoms with Gasteiger partial charge in [0.2, 0.25) is 5.89 Å². The Balaban J connectivity index is 1.86. The highest BCUT2D eigenvalue weighted by Gasteiger charge is 2.19. The largest absolute Gasteiger partial charge is 0.496 e. The van der Waals surface area contributed by atoms with Crippen LogP contribution >= 0.6 is 11.3 Å². The molecule has 0 bridgehead atoms. The number of hydrogen-bond donors (Lipinski definition) is 1. The molecule has 1 aromatic carbocycles. The molecule has 2 aromatic heterocycles. The fourth-order valence-corrected chi connectivity index (χ4v) is 2.92. The van der Waals surface area contributed by atoms with E-state index in [-0.39, 0.29) is 11.8 Å². The standard InChI is InChI=1S/C17H17N3O3S/c1-10(2)16-19-20-17(23-16)14-12(8-9-24-14)18-15(21)11-6-4-5-7-13(11)22-3/h4-10H,1-3H3,(H,18,21). The molecule has 0 aliphatic carbocycles. The molecule has 7 heteroatoms. The van der Waals surface area contributed by atoms with Crippen molar-refractivity contribution in [2.45, 2.75) is 19.8 Å². The van der Waals surface area contributed by atoms with Crippen molar-refractivity contribution in [1.82, 2.24) is 10.2 Å². The number of nitrogens with zero attached hydrogens (tertiary/aromatic N) is 2. The average Bonchev–Trinajstić information content (AvgIpc) is 3.23. The SMILES string of the molecule is COc1ccccc1C(=O)Nc1ccsc1-c1nnc(C(C)C)o1. The maximum Gasteiger partial charge on any atom is 0.259 e. The van der Waals surface area contributed by atoms with E-state index in [0.717, 1.165) is 4.88 Å². The Labute approximate surface area is 143 Å². The van der Waals surface area contributed by atoms with Crippen LogP contribution in [0.15, 0.2) is 40.1 Å². The maximum absolute atomic E-state index is 12.5. The molecule has 1 amide bonds. The molecule has 0 saturated heterocycles. The average molecular weight is 343 g/mol. The lowest BCUT2D eigenvalue weighted by molar-refractivity contribution is 0.102. The van der Waals surface area contributed by atoms with Crippen molar-refractivity contribution in [1.29, 1.82) is 0 Å². The summed E-state index contributed by atoms with van der Waals surface area (Å²) in [5.74, 6) is 1.39. The first-order valence-corrected chi connectivity index (χ1v) is 8.33. The zero-order valence-corrected chi connectivity index (χ0v) is 14.4. The molecule has 6 nitrogen and oxygen atoms in total. The van der Waals surface area contributed by atoms with Gasteiger partial charge in [0.15, 0.2) is 0 Å². The van der Waals surface area contributed by atoms with Crippen molar-refractivity contribution < 1.29 is 13.9 Å². The van der Waals surface area contributed by atoms with E-state index >= 15 is 0 Å². The van der Waals surface area contributed by atoms with Gasteiger partial charge in [-0.25, -0.2) is 0 Å². The smallest absolute Gasteiger partial charge is 0.259 e. The zero-order valence-electron chi connectivity index (χ0n) is 13.6. The first kappa shape index (κ1) is 16.2. The van der Waals surface area contributed by atoms with E-state index in [1.165, 1.54) is 18.4 Å². The van der Waals surface area contributed by atoms with E-state index in [4.69, 9.17) is 9.15 Å². The van der Waals surface area contributed by atoms with Gasteiger partial charge in [0, 0.05) is 5.92 Å². The molecule has 124 valence electrons. The van der Waals surface area contributed by atoms with Gasteiger partial charge in [0.1, 0.15) is 10.6 Å². The number of nitrogens with one attached hydrogen (secondary N) is 1. The molecule has 0 aliphatic heterocycles. The molecular weight excluding hydrogens is 326 g/mol. The van der Waals surface area contributed by atoms with Crippen LogP contribution in [0.5, 0.6) is 5.75 Å². The molecule has 0 spiro atoms. The molecule has 0 radical (unpaired) electrons. The molecule has 0 atom stereocenters. The third-order valence-corrected chi connectivity index (χ3v) is 4.30. The highest BCUT2D eigenvalue weighted by Crippen LogP contribution is 2.34. The highest BCUT2D eigenvalue weighted by molar-refractivity contribution is 7.14. The predicted octanol–water partition coefficient (Wildman–Crippen LogP) is 4.18. The van der Waals surface area contributed by atoms with E-state index < -0.39 is 0 Å². The van der Waals surface area contributed by atoms with E-state index in [2.05, 4.69) is 15.5 Å². The summed E-state index contributed by atoms with van der Waals surface area (Å²) in [6.45, 7) is 3.96. The molecule has 2 heterocycles. The van der Waals surface area contributed by atoms with Crippen LogP contribution in [0.4, 0.5) is 5.69 Å². The van der Waals surface area contributed by atoms with Gasteiger partial charge in [-0.2, -0.15) is 0 Å². The number of carbonyl (C=O) groups is 1. The van der Waals surface area contributed by atoms with E-state index in [1.807, 2.05) is 31.4 Å². The first-order valence-electron chi connectivity index (χ1n) is 7.45. The van der Waals surface area contributed by atoms with Gasteiger partial charge in [-0.15, -0.1) is 21.5 Å². The number of carbonyl (C=O) groups excluding carboxylic acids is 1. The van der Waals surface area contributed by atoms with Gasteiger partial charge in [0.25, 0.3) is 11.8 Å². The second-order valence-electron chi connectivity index (χ2n) is 5.42. The highest BCUT2D eigenvalue weighted by atomic mass is 32.1. The molecular formula is C17H17N3O3S. The summed E-state index contributed by atoms with van der Waals surface area (Å²) in [5.41, 5.74) is 1.10. The summed E-state index contributed by atoms with van der Waals surface area (Å²) in [6.07, 6.45) is 0. The minimum absolute atomic E-state index is 0.151. The quantitative estimate of drug-likeness (QED) is 0.752. The minimum atomic E-state index is -0.254. The van der Waals surface area contributed by atoms with Crippen molar-refractivity contribution in [3.05, 3.63) is 47.2 Å². The Morgan fingerprint density at radius 2 is 2.04 bits per heavy atom. The summed E-state index contributed by atoms with van der Waals surface area (Å²) in [7, 11) is 1.54. The summed E-state index contributed by atoms with van der Waals surface area (Å²) in [4.78, 5) is 13.3. The van der Waals surface area contributed by atoms with Crippen molar-refractivity contribution in [2.24, 2.45) is 0 Å². The van der Waals surface area contributed by atoms with Crippen LogP contribution in [-0.4, -0.2) is 23.2 Å². The Bertz CT molecular complexity index is 854. The van der Waals surface area contributed by atoms with E-state index in [1.54, 1.807) is 18.2 Å². The number of rotatable bonds is 5. The molecule has 0 saturated carbocycles. The normalized spacial score (nSPS) is 10.8. The van der Waals surface area contributed by atoms with E-state index in [9.17, 15) is 4.79 Å². The number of para-hydroxylation sites is 1. The van der Waals surface area contributed by atoms with Crippen molar-refractivity contribution in [3.63, 3.8) is 0 Å². The Morgan fingerprint density at radius 3 is 2.75 bits per heavy atom. The lowest BCUT2D eigenvalue weighted by atomic mass is 10.2. The second kappa shape index (κ2) is 6.84. The van der Waals surface area contributed by atoms with E-state index in [0.29, 0.717) is 28.8 Å². The summed E-state index contributed by atoms with van der Waals surface area (Å²) in [6, 6.07) is 8.88. The minimum Gasteiger partial charge on any atom is -0.496 e. The Kier molecular flexibility index (Phi) is 4.61. The van der Waals surface area contributed by atoms with Crippen molar-refractivity contribution >= 4 is 22.9 Å². The number of anilines is 1. The zero-order chi connectivity index (χ0) is 17.1. The lowest BCUT2D eigenvalue weighted by Gasteiger charge is -2.08. The number of thiophene rings is 1. The van der Waals surface area contributed by atoms with Crippen LogP contribution in [0.3, 0.4) is 0 Å². The first-order chi connectivity index (χ1) is 11.6. The Hall–Kier alpha value is -2.67. The topological polar surface area (TPSA) is 77.2 Å². The van der Waals surface area contributed by atoms with Crippen LogP contribution in [0.1, 0.15) is 36.0 Å². The predicted molar refractivity (Wildman–Crippen MR) is 92.6 cm³/mol. The van der Waals surface area contributed by atoms with Gasteiger partial charge < -0.3 is 14.5 Å². The Morgan fingerprint density at radius 1 is 1.25 bits per heavy atom. The summed E-state index contributed by atoms with van der Waals surface area (Å²) in [5, 5.41) is 12.9. The van der Waals surface area contributed by atoms with Crippen LogP contribution in [-0.2, 0) is 0 Å². The fraction of sp³-hybridized carbons (Fsp3) is 0.235. The summed E-state index contributed by atoms with van der Waals surface area (Å²) >= 11 is 1.43. The number of amides is 1. The number of methoxy groups -OCH3 is 1. The summed E-state index contributed by atoms with van der Waals surface area (Å²) < 4.78 is 10.9. The van der Waals surface area contributed by atoms with Gasteiger partial charge in [-0.3, -0.25) is 4.79 Å². The number of ether oxygens (including phenoxy) is 1. The van der Waals surface area contributed by atoms with Crippen LogP contribution < -0.4 is 10.1 Å². The second-order valence-corrected chi connectivity index (χ2v) is 6.33. The molecule has 0 unspecified atom stereocenters. The number of benzene rings is 1. The monoisotopic (exact) mass is 343 g/mol. The maximum atomic E-state index is 12.5.